The van der Waals surface area contributed by atoms with E-state index in [0.29, 0.717) is 12.0 Å². The molecular formula is C30H49NO. The zero-order valence-electron chi connectivity index (χ0n) is 22.3. The van der Waals surface area contributed by atoms with Crippen molar-refractivity contribution in [3.8, 4) is 0 Å². The van der Waals surface area contributed by atoms with E-state index in [1.54, 1.807) is 12.5 Å². The van der Waals surface area contributed by atoms with E-state index in [-0.39, 0.29) is 5.78 Å². The lowest BCUT2D eigenvalue weighted by molar-refractivity contribution is 0.101. The number of benzene rings is 1. The van der Waals surface area contributed by atoms with E-state index >= 15 is 0 Å². The Bertz CT molecular complexity index is 714. The van der Waals surface area contributed by atoms with E-state index < -0.39 is 0 Å². The highest BCUT2D eigenvalue weighted by atomic mass is 16.1. The van der Waals surface area contributed by atoms with Crippen LogP contribution in [0.3, 0.4) is 0 Å². The van der Waals surface area contributed by atoms with Gasteiger partial charge < -0.3 is 4.90 Å². The molecule has 1 saturated carbocycles. The molecule has 1 aromatic carbocycles. The molecule has 3 unspecified atom stereocenters. The lowest BCUT2D eigenvalue weighted by Gasteiger charge is -2.33. The molecule has 0 radical (unpaired) electrons. The molecule has 2 heteroatoms. The molecule has 3 atom stereocenters. The van der Waals surface area contributed by atoms with Crippen LogP contribution in [0.5, 0.6) is 0 Å². The summed E-state index contributed by atoms with van der Waals surface area (Å²) in [5.41, 5.74) is 3.87. The van der Waals surface area contributed by atoms with Crippen molar-refractivity contribution in [3.63, 3.8) is 0 Å². The van der Waals surface area contributed by atoms with Gasteiger partial charge in [0.05, 0.1) is 0 Å². The summed E-state index contributed by atoms with van der Waals surface area (Å²) in [6.07, 6.45) is 14.0. The van der Waals surface area contributed by atoms with E-state index in [2.05, 4.69) is 84.7 Å². The molecule has 1 aromatic rings. The van der Waals surface area contributed by atoms with Crippen molar-refractivity contribution < 1.29 is 4.79 Å². The summed E-state index contributed by atoms with van der Waals surface area (Å²) in [6.45, 7) is 18.4. The maximum absolute atomic E-state index is 10.6. The number of allylic oxidation sites excluding steroid dienone is 5. The second kappa shape index (κ2) is 17.6. The fourth-order valence-corrected chi connectivity index (χ4v) is 4.27. The molecule has 0 aromatic heterocycles. The average molecular weight is 440 g/mol. The summed E-state index contributed by atoms with van der Waals surface area (Å²) in [5, 5.41) is 0. The van der Waals surface area contributed by atoms with Gasteiger partial charge in [0.25, 0.3) is 0 Å². The third-order valence-corrected chi connectivity index (χ3v) is 5.77. The molecule has 0 aliphatic heterocycles. The smallest absolute Gasteiger partial charge is 0.159 e. The van der Waals surface area contributed by atoms with E-state index in [1.165, 1.54) is 37.8 Å². The molecule has 0 saturated heterocycles. The van der Waals surface area contributed by atoms with Crippen LogP contribution in [0.15, 0.2) is 65.8 Å². The van der Waals surface area contributed by atoms with Crippen LogP contribution in [0.4, 0.5) is 0 Å². The monoisotopic (exact) mass is 439 g/mol. The summed E-state index contributed by atoms with van der Waals surface area (Å²) in [4.78, 5) is 13.2. The highest BCUT2D eigenvalue weighted by molar-refractivity contribution is 5.93. The lowest BCUT2D eigenvalue weighted by atomic mass is 9.88. The normalized spacial score (nSPS) is 23.4. The Morgan fingerprint density at radius 2 is 1.69 bits per heavy atom. The minimum absolute atomic E-state index is 0.121. The van der Waals surface area contributed by atoms with Gasteiger partial charge >= 0.3 is 0 Å². The third-order valence-electron chi connectivity index (χ3n) is 5.77. The molecule has 1 aliphatic rings. The number of hydrogen-bond acceptors (Lipinski definition) is 2. The van der Waals surface area contributed by atoms with Gasteiger partial charge in [-0.15, -0.1) is 0 Å². The van der Waals surface area contributed by atoms with Crippen molar-refractivity contribution in [3.05, 3.63) is 71.3 Å². The molecule has 1 fully saturated rings. The van der Waals surface area contributed by atoms with Gasteiger partial charge in [-0.2, -0.15) is 0 Å². The molecular weight excluding hydrogens is 390 g/mol. The van der Waals surface area contributed by atoms with Crippen LogP contribution in [0, 0.1) is 11.8 Å². The number of rotatable bonds is 5. The molecule has 0 heterocycles. The molecule has 0 spiro atoms. The fourth-order valence-electron chi connectivity index (χ4n) is 4.27. The summed E-state index contributed by atoms with van der Waals surface area (Å²) in [7, 11) is 2.30. The van der Waals surface area contributed by atoms with Crippen LogP contribution >= 0.6 is 0 Å². The van der Waals surface area contributed by atoms with Crippen LogP contribution in [-0.4, -0.2) is 30.3 Å². The second-order valence-corrected chi connectivity index (χ2v) is 8.97. The van der Waals surface area contributed by atoms with E-state index in [4.69, 9.17) is 0 Å². The number of nitrogens with zero attached hydrogens (tertiary/aromatic N) is 1. The number of ketones is 1. The maximum atomic E-state index is 10.6. The number of carbonyl (C=O) groups excluding carboxylic acids is 1. The van der Waals surface area contributed by atoms with Gasteiger partial charge in [0, 0.05) is 11.6 Å². The molecule has 2 nitrogen and oxygen atoms in total. The van der Waals surface area contributed by atoms with Crippen molar-refractivity contribution in [2.75, 3.05) is 13.6 Å². The summed E-state index contributed by atoms with van der Waals surface area (Å²) < 4.78 is 0. The number of hydrogen-bond donors (Lipinski definition) is 0. The Morgan fingerprint density at radius 3 is 2.12 bits per heavy atom. The first-order chi connectivity index (χ1) is 15.3. The predicted molar refractivity (Wildman–Crippen MR) is 143 cm³/mol. The van der Waals surface area contributed by atoms with Gasteiger partial charge in [0.1, 0.15) is 0 Å². The predicted octanol–water partition coefficient (Wildman–Crippen LogP) is 8.52. The van der Waals surface area contributed by atoms with Gasteiger partial charge in [-0.3, -0.25) is 4.79 Å². The minimum atomic E-state index is 0.121. The second-order valence-electron chi connectivity index (χ2n) is 8.97. The van der Waals surface area contributed by atoms with Gasteiger partial charge in [0.15, 0.2) is 5.78 Å². The quantitative estimate of drug-likeness (QED) is 0.338. The zero-order chi connectivity index (χ0) is 24.5. The van der Waals surface area contributed by atoms with Crippen molar-refractivity contribution >= 4 is 5.78 Å². The summed E-state index contributed by atoms with van der Waals surface area (Å²) in [5.74, 6) is 1.50. The molecule has 0 bridgehead atoms. The van der Waals surface area contributed by atoms with Gasteiger partial charge in [-0.1, -0.05) is 95.7 Å². The van der Waals surface area contributed by atoms with Crippen LogP contribution in [0.1, 0.15) is 91.4 Å². The first kappa shape index (κ1) is 30.1. The van der Waals surface area contributed by atoms with E-state index in [9.17, 15) is 4.79 Å². The van der Waals surface area contributed by atoms with Crippen molar-refractivity contribution in [2.24, 2.45) is 11.8 Å². The topological polar surface area (TPSA) is 20.3 Å². The van der Waals surface area contributed by atoms with Crippen LogP contribution in [-0.2, 0) is 0 Å². The number of Topliss-reactive ketones (excluding diaryl/α,β-unsaturated/α-hetero) is 1. The maximum Gasteiger partial charge on any atom is 0.159 e. The Labute approximate surface area is 199 Å². The lowest BCUT2D eigenvalue weighted by Crippen LogP contribution is -2.38. The van der Waals surface area contributed by atoms with Crippen LogP contribution in [0.2, 0.25) is 0 Å². The SMILES string of the molecule is CC(=O)c1ccccc1.CCC.C\C=C/C=C1/CC(C)CC(N(C)CCC)C(C)/C1=C/C. The highest BCUT2D eigenvalue weighted by Gasteiger charge is 2.31. The Hall–Kier alpha value is -1.93. The van der Waals surface area contributed by atoms with Crippen LogP contribution in [0.25, 0.3) is 0 Å². The Morgan fingerprint density at radius 1 is 1.09 bits per heavy atom. The summed E-state index contributed by atoms with van der Waals surface area (Å²) in [6, 6.07) is 9.90. The van der Waals surface area contributed by atoms with Gasteiger partial charge in [0.2, 0.25) is 0 Å². The molecule has 2 rings (SSSR count). The zero-order valence-corrected chi connectivity index (χ0v) is 22.3. The van der Waals surface area contributed by atoms with Crippen LogP contribution < -0.4 is 0 Å². The van der Waals surface area contributed by atoms with Gasteiger partial charge in [-0.05, 0) is 76.6 Å². The van der Waals surface area contributed by atoms with Crippen molar-refractivity contribution in [1.29, 1.82) is 0 Å². The first-order valence-electron chi connectivity index (χ1n) is 12.5. The average Bonchev–Trinajstić information content (AvgIpc) is 2.89. The summed E-state index contributed by atoms with van der Waals surface area (Å²) >= 11 is 0. The van der Waals surface area contributed by atoms with Gasteiger partial charge in [-0.25, -0.2) is 0 Å². The molecule has 32 heavy (non-hydrogen) atoms. The highest BCUT2D eigenvalue weighted by Crippen LogP contribution is 2.37. The molecule has 180 valence electrons. The van der Waals surface area contributed by atoms with Crippen molar-refractivity contribution in [2.45, 2.75) is 87.1 Å². The molecule has 0 N–H and O–H groups in total. The third kappa shape index (κ3) is 11.1. The Kier molecular flexibility index (Phi) is 16.5. The Balaban J connectivity index is 0.000000659. The number of carbonyl (C=O) groups is 1. The minimum Gasteiger partial charge on any atom is -0.303 e. The molecule has 0 amide bonds. The standard InChI is InChI=1S/C19H33N.C8H8O.C3H8/c1-7-10-11-17-13-15(4)14-19(20(6)12-8-2)16(5)18(17)9-3;1-7(9)8-5-3-2-4-6-8;1-3-2/h7,9-11,15-16,19H,8,12-14H2,1-6H3;2-6H,1H3;3H2,1-2H3/b10-7-,17-11-,18-9-;;. The van der Waals surface area contributed by atoms with Crippen molar-refractivity contribution in [1.82, 2.24) is 4.90 Å². The van der Waals surface area contributed by atoms with E-state index in [1.807, 2.05) is 30.3 Å². The fraction of sp³-hybridized carbons (Fsp3) is 0.567. The largest absolute Gasteiger partial charge is 0.303 e. The first-order valence-corrected chi connectivity index (χ1v) is 12.5. The molecule has 1 aliphatic carbocycles. The van der Waals surface area contributed by atoms with E-state index in [0.717, 1.165) is 11.5 Å².